The standard InChI is InChI=1S/C15H26N2O/c1-4-5-6-7-10-18-15-9-8-14(12-17-15)11-16-13(2)3/h8-9,12-13,16H,4-7,10-11H2,1-3H3. The quantitative estimate of drug-likeness (QED) is 0.681. The Kier molecular flexibility index (Phi) is 7.42. The first-order chi connectivity index (χ1) is 8.72. The monoisotopic (exact) mass is 250 g/mol. The first kappa shape index (κ1) is 15.0. The first-order valence-electron chi connectivity index (χ1n) is 7.03. The number of hydrogen-bond acceptors (Lipinski definition) is 3. The summed E-state index contributed by atoms with van der Waals surface area (Å²) in [6.07, 6.45) is 6.79. The van der Waals surface area contributed by atoms with Gasteiger partial charge in [0.2, 0.25) is 5.88 Å². The molecular formula is C15H26N2O. The van der Waals surface area contributed by atoms with Crippen LogP contribution in [0.4, 0.5) is 0 Å². The van der Waals surface area contributed by atoms with Crippen molar-refractivity contribution >= 4 is 0 Å². The zero-order chi connectivity index (χ0) is 13.2. The van der Waals surface area contributed by atoms with Gasteiger partial charge in [0.1, 0.15) is 0 Å². The van der Waals surface area contributed by atoms with Gasteiger partial charge in [0.15, 0.2) is 0 Å². The smallest absolute Gasteiger partial charge is 0.213 e. The van der Waals surface area contributed by atoms with Crippen molar-refractivity contribution in [2.45, 2.75) is 59.0 Å². The Morgan fingerprint density at radius 2 is 2.06 bits per heavy atom. The van der Waals surface area contributed by atoms with Gasteiger partial charge in [-0.25, -0.2) is 4.98 Å². The van der Waals surface area contributed by atoms with Crippen LogP contribution in [0.3, 0.4) is 0 Å². The van der Waals surface area contributed by atoms with Crippen LogP contribution in [0.15, 0.2) is 18.3 Å². The largest absolute Gasteiger partial charge is 0.478 e. The molecule has 3 nitrogen and oxygen atoms in total. The van der Waals surface area contributed by atoms with Gasteiger partial charge in [0, 0.05) is 24.8 Å². The molecule has 1 N–H and O–H groups in total. The van der Waals surface area contributed by atoms with Gasteiger partial charge in [0.25, 0.3) is 0 Å². The molecule has 0 unspecified atom stereocenters. The maximum atomic E-state index is 5.60. The van der Waals surface area contributed by atoms with E-state index in [1.165, 1.54) is 24.8 Å². The van der Waals surface area contributed by atoms with Crippen molar-refractivity contribution < 1.29 is 4.74 Å². The lowest BCUT2D eigenvalue weighted by atomic mass is 10.2. The van der Waals surface area contributed by atoms with Crippen LogP contribution in [0.1, 0.15) is 52.0 Å². The minimum Gasteiger partial charge on any atom is -0.478 e. The third-order valence-electron chi connectivity index (χ3n) is 2.76. The fourth-order valence-corrected chi connectivity index (χ4v) is 1.63. The molecular weight excluding hydrogens is 224 g/mol. The van der Waals surface area contributed by atoms with Crippen LogP contribution in [-0.2, 0) is 6.54 Å². The van der Waals surface area contributed by atoms with E-state index in [-0.39, 0.29) is 0 Å². The van der Waals surface area contributed by atoms with E-state index < -0.39 is 0 Å². The molecule has 0 bridgehead atoms. The van der Waals surface area contributed by atoms with Gasteiger partial charge < -0.3 is 10.1 Å². The van der Waals surface area contributed by atoms with Gasteiger partial charge in [-0.3, -0.25) is 0 Å². The molecule has 0 amide bonds. The van der Waals surface area contributed by atoms with Crippen molar-refractivity contribution in [3.8, 4) is 5.88 Å². The Hall–Kier alpha value is -1.09. The molecule has 0 aliphatic rings. The highest BCUT2D eigenvalue weighted by molar-refractivity contribution is 5.17. The summed E-state index contributed by atoms with van der Waals surface area (Å²) in [6.45, 7) is 8.13. The zero-order valence-electron chi connectivity index (χ0n) is 11.9. The molecule has 3 heteroatoms. The maximum absolute atomic E-state index is 5.60. The Bertz CT molecular complexity index is 309. The summed E-state index contributed by atoms with van der Waals surface area (Å²) in [6, 6.07) is 4.53. The molecule has 1 rings (SSSR count). The minimum atomic E-state index is 0.500. The Balaban J connectivity index is 2.23. The average molecular weight is 250 g/mol. The van der Waals surface area contributed by atoms with Crippen molar-refractivity contribution in [1.82, 2.24) is 10.3 Å². The van der Waals surface area contributed by atoms with E-state index in [1.54, 1.807) is 0 Å². The average Bonchev–Trinajstić information content (AvgIpc) is 2.37. The molecule has 0 saturated heterocycles. The molecule has 0 fully saturated rings. The zero-order valence-corrected chi connectivity index (χ0v) is 11.9. The van der Waals surface area contributed by atoms with Crippen LogP contribution >= 0.6 is 0 Å². The van der Waals surface area contributed by atoms with E-state index in [0.717, 1.165) is 25.5 Å². The van der Waals surface area contributed by atoms with E-state index in [1.807, 2.05) is 12.3 Å². The number of pyridine rings is 1. The number of nitrogens with one attached hydrogen (secondary N) is 1. The Morgan fingerprint density at radius 1 is 1.22 bits per heavy atom. The normalized spacial score (nSPS) is 10.9. The molecule has 1 heterocycles. The van der Waals surface area contributed by atoms with Gasteiger partial charge in [-0.1, -0.05) is 46.1 Å². The molecule has 0 aliphatic heterocycles. The second-order valence-corrected chi connectivity index (χ2v) is 4.95. The van der Waals surface area contributed by atoms with Crippen LogP contribution in [0.2, 0.25) is 0 Å². The van der Waals surface area contributed by atoms with E-state index in [4.69, 9.17) is 4.74 Å². The van der Waals surface area contributed by atoms with Crippen LogP contribution < -0.4 is 10.1 Å². The Labute approximate surface area is 111 Å². The summed E-state index contributed by atoms with van der Waals surface area (Å²) in [5.74, 6) is 0.736. The molecule has 1 aromatic rings. The molecule has 0 saturated carbocycles. The number of ether oxygens (including phenoxy) is 1. The molecule has 18 heavy (non-hydrogen) atoms. The maximum Gasteiger partial charge on any atom is 0.213 e. The predicted octanol–water partition coefficient (Wildman–Crippen LogP) is 3.54. The third-order valence-corrected chi connectivity index (χ3v) is 2.76. The third kappa shape index (κ3) is 6.60. The summed E-state index contributed by atoms with van der Waals surface area (Å²) in [5, 5.41) is 3.37. The molecule has 102 valence electrons. The van der Waals surface area contributed by atoms with Gasteiger partial charge in [-0.05, 0) is 12.0 Å². The van der Waals surface area contributed by atoms with Gasteiger partial charge in [0.05, 0.1) is 6.61 Å². The number of unbranched alkanes of at least 4 members (excludes halogenated alkanes) is 3. The number of nitrogens with zero attached hydrogens (tertiary/aromatic N) is 1. The van der Waals surface area contributed by atoms with Crippen molar-refractivity contribution in [3.05, 3.63) is 23.9 Å². The summed E-state index contributed by atoms with van der Waals surface area (Å²) in [5.41, 5.74) is 1.20. The van der Waals surface area contributed by atoms with E-state index >= 15 is 0 Å². The van der Waals surface area contributed by atoms with Crippen molar-refractivity contribution in [2.75, 3.05) is 6.61 Å². The second kappa shape index (κ2) is 8.92. The highest BCUT2D eigenvalue weighted by Crippen LogP contribution is 2.09. The highest BCUT2D eigenvalue weighted by Gasteiger charge is 1.98. The SMILES string of the molecule is CCCCCCOc1ccc(CNC(C)C)cn1. The summed E-state index contributed by atoms with van der Waals surface area (Å²) in [7, 11) is 0. The second-order valence-electron chi connectivity index (χ2n) is 4.95. The fourth-order valence-electron chi connectivity index (χ4n) is 1.63. The molecule has 0 aliphatic carbocycles. The van der Waals surface area contributed by atoms with Crippen LogP contribution in [-0.4, -0.2) is 17.6 Å². The lowest BCUT2D eigenvalue weighted by molar-refractivity contribution is 0.293. The number of aromatic nitrogens is 1. The van der Waals surface area contributed by atoms with E-state index in [9.17, 15) is 0 Å². The highest BCUT2D eigenvalue weighted by atomic mass is 16.5. The van der Waals surface area contributed by atoms with Crippen LogP contribution in [0.25, 0.3) is 0 Å². The lowest BCUT2D eigenvalue weighted by Gasteiger charge is -2.09. The predicted molar refractivity (Wildman–Crippen MR) is 75.8 cm³/mol. The van der Waals surface area contributed by atoms with Crippen molar-refractivity contribution in [3.63, 3.8) is 0 Å². The molecule has 1 aromatic heterocycles. The van der Waals surface area contributed by atoms with Gasteiger partial charge in [-0.15, -0.1) is 0 Å². The summed E-state index contributed by atoms with van der Waals surface area (Å²) < 4.78 is 5.60. The number of rotatable bonds is 9. The van der Waals surface area contributed by atoms with Gasteiger partial charge >= 0.3 is 0 Å². The summed E-state index contributed by atoms with van der Waals surface area (Å²) >= 11 is 0. The van der Waals surface area contributed by atoms with Crippen LogP contribution in [0, 0.1) is 0 Å². The van der Waals surface area contributed by atoms with E-state index in [2.05, 4.69) is 37.1 Å². The van der Waals surface area contributed by atoms with Gasteiger partial charge in [-0.2, -0.15) is 0 Å². The first-order valence-corrected chi connectivity index (χ1v) is 7.03. The van der Waals surface area contributed by atoms with Crippen molar-refractivity contribution in [1.29, 1.82) is 0 Å². The summed E-state index contributed by atoms with van der Waals surface area (Å²) in [4.78, 5) is 4.31. The molecule has 0 spiro atoms. The number of hydrogen-bond donors (Lipinski definition) is 1. The van der Waals surface area contributed by atoms with E-state index in [0.29, 0.717) is 6.04 Å². The lowest BCUT2D eigenvalue weighted by Crippen LogP contribution is -2.21. The molecule has 0 radical (unpaired) electrons. The van der Waals surface area contributed by atoms with Crippen LogP contribution in [0.5, 0.6) is 5.88 Å². The Morgan fingerprint density at radius 3 is 2.67 bits per heavy atom. The molecule has 0 atom stereocenters. The topological polar surface area (TPSA) is 34.1 Å². The minimum absolute atomic E-state index is 0.500. The van der Waals surface area contributed by atoms with Crippen molar-refractivity contribution in [2.24, 2.45) is 0 Å². The fraction of sp³-hybridized carbons (Fsp3) is 0.667. The molecule has 0 aromatic carbocycles.